The van der Waals surface area contributed by atoms with Crippen molar-refractivity contribution in [2.45, 2.75) is 46.0 Å². The molecule has 0 atom stereocenters. The largest absolute Gasteiger partial charge is 0.294 e. The normalized spacial score (nSPS) is 14.9. The van der Waals surface area contributed by atoms with Gasteiger partial charge >= 0.3 is 0 Å². The minimum atomic E-state index is 0.295. The van der Waals surface area contributed by atoms with Crippen molar-refractivity contribution >= 4 is 5.78 Å². The van der Waals surface area contributed by atoms with Gasteiger partial charge in [0.1, 0.15) is 0 Å². The average Bonchev–Trinajstić information content (AvgIpc) is 2.27. The molecule has 16 heavy (non-hydrogen) atoms. The number of hydrogen-bond acceptors (Lipinski definition) is 1. The fraction of sp³-hybridized carbons (Fsp3) is 0.533. The molecule has 0 heterocycles. The Hall–Kier alpha value is -1.11. The number of Topliss-reactive ketones (excluding diaryl/α,β-unsaturated/α-hetero) is 1. The second-order valence-corrected chi connectivity index (χ2v) is 5.21. The van der Waals surface area contributed by atoms with E-state index in [1.54, 1.807) is 0 Å². The molecule has 0 unspecified atom stereocenters. The van der Waals surface area contributed by atoms with Gasteiger partial charge in [-0.15, -0.1) is 0 Å². The maximum atomic E-state index is 11.9. The van der Waals surface area contributed by atoms with Crippen LogP contribution in [0.2, 0.25) is 0 Å². The highest BCUT2D eigenvalue weighted by atomic mass is 16.1. The van der Waals surface area contributed by atoms with E-state index in [9.17, 15) is 4.79 Å². The van der Waals surface area contributed by atoms with Crippen LogP contribution in [0.15, 0.2) is 18.2 Å². The highest BCUT2D eigenvalue weighted by molar-refractivity contribution is 5.96. The molecular formula is C15H20O. The van der Waals surface area contributed by atoms with Gasteiger partial charge in [0.2, 0.25) is 0 Å². The summed E-state index contributed by atoms with van der Waals surface area (Å²) in [6.45, 7) is 4.19. The summed E-state index contributed by atoms with van der Waals surface area (Å²) < 4.78 is 0. The fourth-order valence-electron chi connectivity index (χ4n) is 2.40. The van der Waals surface area contributed by atoms with Gasteiger partial charge in [-0.2, -0.15) is 0 Å². The molecule has 0 N–H and O–H groups in total. The fourth-order valence-corrected chi connectivity index (χ4v) is 2.40. The first-order valence-electron chi connectivity index (χ1n) is 6.32. The summed E-state index contributed by atoms with van der Waals surface area (Å²) in [6.07, 6.45) is 5.58. The van der Waals surface area contributed by atoms with Crippen molar-refractivity contribution in [1.29, 1.82) is 0 Å². The van der Waals surface area contributed by atoms with Crippen molar-refractivity contribution < 1.29 is 4.79 Å². The number of ketones is 1. The number of carbonyl (C=O) groups is 1. The predicted molar refractivity (Wildman–Crippen MR) is 66.9 cm³/mol. The summed E-state index contributed by atoms with van der Waals surface area (Å²) in [5.41, 5.74) is 3.77. The lowest BCUT2D eigenvalue weighted by Crippen LogP contribution is -2.07. The second kappa shape index (κ2) is 4.82. The maximum Gasteiger partial charge on any atom is 0.163 e. The lowest BCUT2D eigenvalue weighted by molar-refractivity contribution is 0.0967. The van der Waals surface area contributed by atoms with Gasteiger partial charge in [0.05, 0.1) is 0 Å². The molecule has 0 amide bonds. The van der Waals surface area contributed by atoms with Crippen LogP contribution in [-0.2, 0) is 12.8 Å². The van der Waals surface area contributed by atoms with Crippen LogP contribution in [0, 0.1) is 5.92 Å². The quantitative estimate of drug-likeness (QED) is 0.702. The number of benzene rings is 1. The second-order valence-electron chi connectivity index (χ2n) is 5.21. The first kappa shape index (κ1) is 11.4. The summed E-state index contributed by atoms with van der Waals surface area (Å²) in [5.74, 6) is 0.743. The standard InChI is InChI=1S/C15H20O/c1-11(2)9-15(16)14-8-7-12-5-3-4-6-13(12)10-14/h7-8,10-11H,3-6,9H2,1-2H3. The molecule has 0 aliphatic heterocycles. The summed E-state index contributed by atoms with van der Waals surface area (Å²) in [4.78, 5) is 11.9. The van der Waals surface area contributed by atoms with Gasteiger partial charge in [-0.3, -0.25) is 4.79 Å². The van der Waals surface area contributed by atoms with E-state index < -0.39 is 0 Å². The molecule has 0 radical (unpaired) electrons. The van der Waals surface area contributed by atoms with Crippen LogP contribution >= 0.6 is 0 Å². The molecule has 0 fully saturated rings. The van der Waals surface area contributed by atoms with Crippen molar-refractivity contribution in [3.05, 3.63) is 34.9 Å². The zero-order chi connectivity index (χ0) is 11.5. The van der Waals surface area contributed by atoms with Crippen LogP contribution in [0.25, 0.3) is 0 Å². The van der Waals surface area contributed by atoms with Gasteiger partial charge in [0.15, 0.2) is 5.78 Å². The van der Waals surface area contributed by atoms with Crippen LogP contribution in [0.4, 0.5) is 0 Å². The SMILES string of the molecule is CC(C)CC(=O)c1ccc2c(c1)CCCC2. The third kappa shape index (κ3) is 2.52. The minimum absolute atomic E-state index is 0.295. The molecular weight excluding hydrogens is 196 g/mol. The first-order chi connectivity index (χ1) is 7.66. The van der Waals surface area contributed by atoms with E-state index in [4.69, 9.17) is 0 Å². The Morgan fingerprint density at radius 3 is 2.56 bits per heavy atom. The van der Waals surface area contributed by atoms with Gasteiger partial charge in [0.25, 0.3) is 0 Å². The van der Waals surface area contributed by atoms with Gasteiger partial charge in [0, 0.05) is 12.0 Å². The molecule has 0 aromatic heterocycles. The molecule has 1 aliphatic carbocycles. The van der Waals surface area contributed by atoms with Crippen LogP contribution < -0.4 is 0 Å². The minimum Gasteiger partial charge on any atom is -0.294 e. The molecule has 1 aromatic rings. The molecule has 2 rings (SSSR count). The van der Waals surface area contributed by atoms with Crippen LogP contribution in [0.1, 0.15) is 54.6 Å². The molecule has 0 saturated carbocycles. The summed E-state index contributed by atoms with van der Waals surface area (Å²) in [5, 5.41) is 0. The van der Waals surface area contributed by atoms with Crippen molar-refractivity contribution in [3.63, 3.8) is 0 Å². The van der Waals surface area contributed by atoms with E-state index in [0.717, 1.165) is 12.0 Å². The number of rotatable bonds is 3. The van der Waals surface area contributed by atoms with E-state index >= 15 is 0 Å². The molecule has 86 valence electrons. The Morgan fingerprint density at radius 2 is 1.88 bits per heavy atom. The third-order valence-electron chi connectivity index (χ3n) is 3.26. The first-order valence-corrected chi connectivity index (χ1v) is 6.32. The van der Waals surface area contributed by atoms with Gasteiger partial charge in [-0.05, 0) is 48.8 Å². The van der Waals surface area contributed by atoms with Crippen molar-refractivity contribution in [2.24, 2.45) is 5.92 Å². The van der Waals surface area contributed by atoms with Crippen LogP contribution in [0.5, 0.6) is 0 Å². The van der Waals surface area contributed by atoms with E-state index in [0.29, 0.717) is 18.1 Å². The van der Waals surface area contributed by atoms with Crippen LogP contribution in [0.3, 0.4) is 0 Å². The van der Waals surface area contributed by atoms with Crippen molar-refractivity contribution in [1.82, 2.24) is 0 Å². The van der Waals surface area contributed by atoms with E-state index in [1.807, 2.05) is 6.07 Å². The van der Waals surface area contributed by atoms with Gasteiger partial charge < -0.3 is 0 Å². The zero-order valence-corrected chi connectivity index (χ0v) is 10.3. The molecule has 0 saturated heterocycles. The van der Waals surface area contributed by atoms with Gasteiger partial charge in [-0.25, -0.2) is 0 Å². The summed E-state index contributed by atoms with van der Waals surface area (Å²) in [7, 11) is 0. The molecule has 0 spiro atoms. The highest BCUT2D eigenvalue weighted by Gasteiger charge is 2.13. The van der Waals surface area contributed by atoms with Crippen LogP contribution in [-0.4, -0.2) is 5.78 Å². The topological polar surface area (TPSA) is 17.1 Å². The lowest BCUT2D eigenvalue weighted by atomic mass is 9.89. The molecule has 1 nitrogen and oxygen atoms in total. The molecule has 1 aromatic carbocycles. The zero-order valence-electron chi connectivity index (χ0n) is 10.3. The third-order valence-corrected chi connectivity index (χ3v) is 3.26. The Bertz CT molecular complexity index is 390. The number of aryl methyl sites for hydroxylation is 2. The number of fused-ring (bicyclic) bond motifs is 1. The lowest BCUT2D eigenvalue weighted by Gasteiger charge is -2.16. The Labute approximate surface area is 97.9 Å². The molecule has 1 aliphatic rings. The van der Waals surface area contributed by atoms with Gasteiger partial charge in [-0.1, -0.05) is 26.0 Å². The van der Waals surface area contributed by atoms with E-state index in [2.05, 4.69) is 26.0 Å². The van der Waals surface area contributed by atoms with Crippen molar-refractivity contribution in [2.75, 3.05) is 0 Å². The Morgan fingerprint density at radius 1 is 1.19 bits per heavy atom. The maximum absolute atomic E-state index is 11.9. The predicted octanol–water partition coefficient (Wildman–Crippen LogP) is 3.79. The summed E-state index contributed by atoms with van der Waals surface area (Å²) in [6, 6.07) is 6.29. The van der Waals surface area contributed by atoms with E-state index in [-0.39, 0.29) is 0 Å². The molecule has 0 bridgehead atoms. The monoisotopic (exact) mass is 216 g/mol. The number of hydrogen-bond donors (Lipinski definition) is 0. The highest BCUT2D eigenvalue weighted by Crippen LogP contribution is 2.23. The Kier molecular flexibility index (Phi) is 3.42. The smallest absolute Gasteiger partial charge is 0.163 e. The Balaban J connectivity index is 2.19. The summed E-state index contributed by atoms with van der Waals surface area (Å²) >= 11 is 0. The number of carbonyl (C=O) groups excluding carboxylic acids is 1. The average molecular weight is 216 g/mol. The van der Waals surface area contributed by atoms with E-state index in [1.165, 1.54) is 30.4 Å². The van der Waals surface area contributed by atoms with Crippen molar-refractivity contribution in [3.8, 4) is 0 Å². The molecule has 1 heteroatoms.